The van der Waals surface area contributed by atoms with Crippen LogP contribution in [0.3, 0.4) is 0 Å². The summed E-state index contributed by atoms with van der Waals surface area (Å²) in [6.45, 7) is 3.83. The topological polar surface area (TPSA) is 55.6 Å². The normalized spacial score (nSPS) is 10.9. The summed E-state index contributed by atoms with van der Waals surface area (Å²) in [5, 5.41) is 4.47. The molecule has 0 aliphatic rings. The number of fused-ring (bicyclic) bond motifs is 1. The Morgan fingerprint density at radius 1 is 1.15 bits per heavy atom. The third kappa shape index (κ3) is 2.34. The second-order valence-electron chi connectivity index (χ2n) is 4.49. The predicted molar refractivity (Wildman–Crippen MR) is 82.0 cm³/mol. The number of aromatic nitrogens is 4. The monoisotopic (exact) mass is 285 g/mol. The fraction of sp³-hybridized carbons (Fsp3) is 0.214. The van der Waals surface area contributed by atoms with Gasteiger partial charge in [-0.1, -0.05) is 0 Å². The average Bonchev–Trinajstić information content (AvgIpc) is 2.76. The lowest BCUT2D eigenvalue weighted by molar-refractivity contribution is 0.815. The Bertz CT molecular complexity index is 748. The Balaban J connectivity index is 1.97. The molecule has 0 unspecified atom stereocenters. The number of anilines is 1. The maximum atomic E-state index is 4.47. The van der Waals surface area contributed by atoms with Gasteiger partial charge in [0.1, 0.15) is 16.9 Å². The van der Waals surface area contributed by atoms with E-state index in [1.807, 2.05) is 26.0 Å². The zero-order valence-corrected chi connectivity index (χ0v) is 12.4. The first-order chi connectivity index (χ1) is 9.67. The van der Waals surface area contributed by atoms with Crippen molar-refractivity contribution in [2.75, 3.05) is 11.7 Å². The second-order valence-corrected chi connectivity index (χ2v) is 5.37. The van der Waals surface area contributed by atoms with Gasteiger partial charge < -0.3 is 0 Å². The van der Waals surface area contributed by atoms with Crippen molar-refractivity contribution >= 4 is 28.5 Å². The number of nitrogens with one attached hydrogen (secondary N) is 1. The van der Waals surface area contributed by atoms with Gasteiger partial charge in [0.2, 0.25) is 0 Å². The van der Waals surface area contributed by atoms with Gasteiger partial charge in [-0.05, 0) is 44.4 Å². The molecule has 0 aliphatic heterocycles. The fourth-order valence-electron chi connectivity index (χ4n) is 2.01. The predicted octanol–water partition coefficient (Wildman–Crippen LogP) is 3.04. The van der Waals surface area contributed by atoms with Crippen LogP contribution in [0, 0.1) is 13.8 Å². The van der Waals surface area contributed by atoms with Crippen molar-refractivity contribution in [3.05, 3.63) is 42.0 Å². The summed E-state index contributed by atoms with van der Waals surface area (Å²) in [4.78, 5) is 11.6. The van der Waals surface area contributed by atoms with E-state index in [1.54, 1.807) is 22.7 Å². The largest absolute Gasteiger partial charge is 0.278 e. The van der Waals surface area contributed by atoms with Crippen LogP contribution in [-0.2, 0) is 0 Å². The van der Waals surface area contributed by atoms with Crippen LogP contribution in [0.15, 0.2) is 35.4 Å². The third-order valence-corrected chi connectivity index (χ3v) is 3.78. The minimum Gasteiger partial charge on any atom is -0.278 e. The van der Waals surface area contributed by atoms with Crippen molar-refractivity contribution in [1.29, 1.82) is 0 Å². The van der Waals surface area contributed by atoms with Gasteiger partial charge in [0.25, 0.3) is 0 Å². The highest BCUT2D eigenvalue weighted by atomic mass is 32.2. The van der Waals surface area contributed by atoms with Crippen LogP contribution in [-0.4, -0.2) is 26.1 Å². The van der Waals surface area contributed by atoms with E-state index in [4.69, 9.17) is 0 Å². The third-order valence-electron chi connectivity index (χ3n) is 3.04. The molecule has 0 amide bonds. The lowest BCUT2D eigenvalue weighted by Gasteiger charge is -2.07. The van der Waals surface area contributed by atoms with Gasteiger partial charge in [-0.3, -0.25) is 5.43 Å². The number of thioether (sulfide) groups is 1. The maximum Gasteiger partial charge on any atom is 0.129 e. The van der Waals surface area contributed by atoms with E-state index in [1.165, 1.54) is 4.90 Å². The highest BCUT2D eigenvalue weighted by molar-refractivity contribution is 7.98. The highest BCUT2D eigenvalue weighted by Crippen LogP contribution is 2.19. The van der Waals surface area contributed by atoms with Gasteiger partial charge in [-0.2, -0.15) is 9.89 Å². The van der Waals surface area contributed by atoms with E-state index in [0.717, 1.165) is 28.2 Å². The van der Waals surface area contributed by atoms with E-state index >= 15 is 0 Å². The van der Waals surface area contributed by atoms with Crippen LogP contribution in [0.4, 0.5) is 5.69 Å². The number of benzene rings is 1. The van der Waals surface area contributed by atoms with Gasteiger partial charge in [0, 0.05) is 4.90 Å². The molecule has 0 aliphatic carbocycles. The molecule has 3 aromatic rings. The molecule has 0 radical (unpaired) electrons. The first-order valence-electron chi connectivity index (χ1n) is 6.27. The molecular formula is C14H15N5S. The molecule has 0 saturated carbocycles. The van der Waals surface area contributed by atoms with Crippen LogP contribution in [0.2, 0.25) is 0 Å². The Kier molecular flexibility index (Phi) is 3.31. The summed E-state index contributed by atoms with van der Waals surface area (Å²) in [6, 6.07) is 8.21. The summed E-state index contributed by atoms with van der Waals surface area (Å²) < 4.78 is 0. The number of nitrogens with zero attached hydrogens (tertiary/aromatic N) is 4. The maximum absolute atomic E-state index is 4.47. The summed E-state index contributed by atoms with van der Waals surface area (Å²) in [5.74, 6) is 0.754. The second kappa shape index (κ2) is 5.13. The number of rotatable bonds is 3. The zero-order chi connectivity index (χ0) is 14.1. The van der Waals surface area contributed by atoms with Gasteiger partial charge in [-0.15, -0.1) is 11.8 Å². The van der Waals surface area contributed by atoms with Crippen molar-refractivity contribution in [3.63, 3.8) is 0 Å². The molecule has 0 bridgehead atoms. The molecule has 0 spiro atoms. The van der Waals surface area contributed by atoms with E-state index in [9.17, 15) is 0 Å². The Morgan fingerprint density at radius 3 is 2.60 bits per heavy atom. The molecule has 6 heteroatoms. The zero-order valence-electron chi connectivity index (χ0n) is 11.6. The Hall–Kier alpha value is -2.08. The van der Waals surface area contributed by atoms with Crippen molar-refractivity contribution in [3.8, 4) is 0 Å². The molecule has 20 heavy (non-hydrogen) atoms. The summed E-state index contributed by atoms with van der Waals surface area (Å²) in [5.41, 5.74) is 6.88. The smallest absolute Gasteiger partial charge is 0.129 e. The van der Waals surface area contributed by atoms with Crippen molar-refractivity contribution in [2.24, 2.45) is 0 Å². The van der Waals surface area contributed by atoms with Crippen molar-refractivity contribution in [1.82, 2.24) is 19.9 Å². The SMILES string of the molecule is CSc1ccc(Nn2nc(C)c3nc(C)ncc32)cc1. The number of hydrogen-bond acceptors (Lipinski definition) is 5. The molecule has 0 fully saturated rings. The van der Waals surface area contributed by atoms with Crippen LogP contribution in [0.5, 0.6) is 0 Å². The first kappa shape index (κ1) is 12.9. The lowest BCUT2D eigenvalue weighted by atomic mass is 10.3. The van der Waals surface area contributed by atoms with Gasteiger partial charge >= 0.3 is 0 Å². The van der Waals surface area contributed by atoms with E-state index in [2.05, 4.69) is 38.9 Å². The quantitative estimate of drug-likeness (QED) is 0.750. The molecule has 102 valence electrons. The summed E-state index contributed by atoms with van der Waals surface area (Å²) in [7, 11) is 0. The van der Waals surface area contributed by atoms with Crippen molar-refractivity contribution < 1.29 is 0 Å². The van der Waals surface area contributed by atoms with Gasteiger partial charge in [-0.25, -0.2) is 9.97 Å². The first-order valence-corrected chi connectivity index (χ1v) is 7.50. The molecule has 0 saturated heterocycles. The highest BCUT2D eigenvalue weighted by Gasteiger charge is 2.09. The molecule has 2 heterocycles. The lowest BCUT2D eigenvalue weighted by Crippen LogP contribution is -2.10. The van der Waals surface area contributed by atoms with Gasteiger partial charge in [0.05, 0.1) is 17.6 Å². The average molecular weight is 285 g/mol. The molecule has 1 aromatic carbocycles. The molecular weight excluding hydrogens is 270 g/mol. The molecule has 2 aromatic heterocycles. The van der Waals surface area contributed by atoms with E-state index in [-0.39, 0.29) is 0 Å². The Labute approximate surface area is 121 Å². The molecule has 3 rings (SSSR count). The van der Waals surface area contributed by atoms with Crippen molar-refractivity contribution in [2.45, 2.75) is 18.7 Å². The van der Waals surface area contributed by atoms with Crippen LogP contribution in [0.1, 0.15) is 11.5 Å². The minimum atomic E-state index is 0.754. The minimum absolute atomic E-state index is 0.754. The summed E-state index contributed by atoms with van der Waals surface area (Å²) >= 11 is 1.72. The number of aryl methyl sites for hydroxylation is 2. The van der Waals surface area contributed by atoms with E-state index < -0.39 is 0 Å². The molecule has 0 atom stereocenters. The van der Waals surface area contributed by atoms with Crippen LogP contribution >= 0.6 is 11.8 Å². The standard InChI is InChI=1S/C14H15N5S/c1-9-14-13(8-15-10(2)16-14)19(17-9)18-11-4-6-12(20-3)7-5-11/h4-8,18H,1-3H3. The van der Waals surface area contributed by atoms with Crippen LogP contribution < -0.4 is 5.43 Å². The van der Waals surface area contributed by atoms with Gasteiger partial charge in [0.15, 0.2) is 0 Å². The fourth-order valence-corrected chi connectivity index (χ4v) is 2.42. The van der Waals surface area contributed by atoms with E-state index in [0.29, 0.717) is 0 Å². The Morgan fingerprint density at radius 2 is 1.90 bits per heavy atom. The van der Waals surface area contributed by atoms with Crippen LogP contribution in [0.25, 0.3) is 11.0 Å². The summed E-state index contributed by atoms with van der Waals surface area (Å²) in [6.07, 6.45) is 3.85. The molecule has 5 nitrogen and oxygen atoms in total. The molecule has 1 N–H and O–H groups in total. The number of hydrogen-bond donors (Lipinski definition) is 1.